The molecule has 3 nitrogen and oxygen atoms in total. The number of carboxylic acids is 1. The molecule has 0 radical (unpaired) electrons. The van der Waals surface area contributed by atoms with Crippen LogP contribution in [0.4, 0.5) is 17.6 Å². The second kappa shape index (κ2) is 9.50. The third-order valence-electron chi connectivity index (χ3n) is 5.20. The summed E-state index contributed by atoms with van der Waals surface area (Å²) in [7, 11) is 0. The summed E-state index contributed by atoms with van der Waals surface area (Å²) in [6.45, 7) is 3.15. The van der Waals surface area contributed by atoms with Gasteiger partial charge in [-0.15, -0.1) is 11.3 Å². The van der Waals surface area contributed by atoms with E-state index in [-0.39, 0.29) is 28.1 Å². The summed E-state index contributed by atoms with van der Waals surface area (Å²) >= 11 is 6.26. The maximum Gasteiger partial charge on any atom is 0.426 e. The average molecular weight is 487 g/mol. The maximum atomic E-state index is 14.4. The quantitative estimate of drug-likeness (QED) is 0.353. The topological polar surface area (TPSA) is 46.5 Å². The Morgan fingerprint density at radius 2 is 1.84 bits per heavy atom. The highest BCUT2D eigenvalue weighted by molar-refractivity contribution is 7.10. The van der Waals surface area contributed by atoms with Crippen molar-refractivity contribution in [2.75, 3.05) is 0 Å². The van der Waals surface area contributed by atoms with Crippen molar-refractivity contribution < 1.29 is 32.2 Å². The minimum atomic E-state index is -4.61. The molecular weight excluding hydrogens is 468 g/mol. The number of rotatable bonds is 7. The van der Waals surface area contributed by atoms with E-state index in [1.807, 2.05) is 0 Å². The highest BCUT2D eigenvalue weighted by atomic mass is 35.5. The lowest BCUT2D eigenvalue weighted by Gasteiger charge is -2.16. The lowest BCUT2D eigenvalue weighted by molar-refractivity contribution is -0.137. The lowest BCUT2D eigenvalue weighted by Crippen LogP contribution is -2.09. The number of hydrogen-bond acceptors (Lipinski definition) is 3. The van der Waals surface area contributed by atoms with E-state index in [9.17, 15) is 22.4 Å². The second-order valence-corrected chi connectivity index (χ2v) is 8.55. The lowest BCUT2D eigenvalue weighted by atomic mass is 9.98. The molecule has 0 saturated heterocycles. The maximum absolute atomic E-state index is 14.4. The number of carboxylic acid groups (broad SMARTS) is 1. The Balaban J connectivity index is 1.94. The first-order valence-electron chi connectivity index (χ1n) is 9.55. The Kier molecular flexibility index (Phi) is 7.15. The molecule has 0 saturated carbocycles. The van der Waals surface area contributed by atoms with Gasteiger partial charge in [0.25, 0.3) is 0 Å². The smallest absolute Gasteiger partial charge is 0.426 e. The highest BCUT2D eigenvalue weighted by Crippen LogP contribution is 2.43. The Morgan fingerprint density at radius 1 is 1.12 bits per heavy atom. The second-order valence-electron chi connectivity index (χ2n) is 7.23. The van der Waals surface area contributed by atoms with Crippen LogP contribution in [0.25, 0.3) is 11.1 Å². The zero-order valence-electron chi connectivity index (χ0n) is 17.1. The van der Waals surface area contributed by atoms with Crippen LogP contribution in [0.1, 0.15) is 33.6 Å². The van der Waals surface area contributed by atoms with Crippen LogP contribution in [0.2, 0.25) is 5.02 Å². The summed E-state index contributed by atoms with van der Waals surface area (Å²) in [6.07, 6.45) is -4.30. The molecule has 0 atom stereocenters. The van der Waals surface area contributed by atoms with Crippen LogP contribution in [0, 0.1) is 19.7 Å². The third-order valence-corrected chi connectivity index (χ3v) is 6.50. The van der Waals surface area contributed by atoms with E-state index in [2.05, 4.69) is 0 Å². The van der Waals surface area contributed by atoms with Crippen LogP contribution in [0.5, 0.6) is 5.75 Å². The van der Waals surface area contributed by atoms with Crippen LogP contribution < -0.4 is 4.74 Å². The zero-order chi connectivity index (χ0) is 23.6. The summed E-state index contributed by atoms with van der Waals surface area (Å²) in [5.74, 6) is -1.26. The van der Waals surface area contributed by atoms with Gasteiger partial charge in [0.15, 0.2) is 0 Å². The monoisotopic (exact) mass is 486 g/mol. The van der Waals surface area contributed by atoms with E-state index in [0.717, 1.165) is 17.2 Å². The van der Waals surface area contributed by atoms with Gasteiger partial charge in [-0.2, -0.15) is 13.2 Å². The van der Waals surface area contributed by atoms with E-state index in [0.29, 0.717) is 29.1 Å². The fraction of sp³-hybridized carbons (Fsp3) is 0.261. The van der Waals surface area contributed by atoms with Crippen molar-refractivity contribution in [1.82, 2.24) is 0 Å². The Bertz CT molecular complexity index is 1150. The van der Waals surface area contributed by atoms with Crippen molar-refractivity contribution in [2.45, 2.75) is 39.5 Å². The van der Waals surface area contributed by atoms with Crippen LogP contribution in [0.3, 0.4) is 0 Å². The number of hydrogen-bond donors (Lipinski definition) is 1. The van der Waals surface area contributed by atoms with Gasteiger partial charge in [-0.05, 0) is 66.6 Å². The van der Waals surface area contributed by atoms with Crippen molar-refractivity contribution in [3.63, 3.8) is 0 Å². The van der Waals surface area contributed by atoms with Crippen molar-refractivity contribution in [3.05, 3.63) is 73.7 Å². The minimum Gasteiger partial charge on any atom is -0.489 e. The van der Waals surface area contributed by atoms with Crippen molar-refractivity contribution in [1.29, 1.82) is 0 Å². The molecule has 170 valence electrons. The largest absolute Gasteiger partial charge is 0.489 e. The summed E-state index contributed by atoms with van der Waals surface area (Å²) in [5, 5.41) is 10.3. The molecule has 0 fully saturated rings. The van der Waals surface area contributed by atoms with Crippen molar-refractivity contribution in [3.8, 4) is 16.9 Å². The van der Waals surface area contributed by atoms with Gasteiger partial charge in [-0.1, -0.05) is 17.7 Å². The van der Waals surface area contributed by atoms with Gasteiger partial charge in [0.05, 0.1) is 0 Å². The number of carbonyl (C=O) groups is 1. The Morgan fingerprint density at radius 3 is 2.47 bits per heavy atom. The van der Waals surface area contributed by atoms with Gasteiger partial charge in [0.2, 0.25) is 0 Å². The molecule has 0 aliphatic rings. The minimum absolute atomic E-state index is 0.0108. The molecule has 1 aromatic heterocycles. The zero-order valence-corrected chi connectivity index (χ0v) is 18.7. The van der Waals surface area contributed by atoms with Crippen LogP contribution in [0.15, 0.2) is 35.7 Å². The molecule has 0 bridgehead atoms. The molecule has 2 aromatic carbocycles. The molecule has 1 N–H and O–H groups in total. The van der Waals surface area contributed by atoms with Crippen LogP contribution >= 0.6 is 22.9 Å². The first-order valence-corrected chi connectivity index (χ1v) is 10.8. The van der Waals surface area contributed by atoms with E-state index in [1.165, 1.54) is 17.5 Å². The number of ether oxygens (including phenoxy) is 1. The molecule has 0 aliphatic carbocycles. The summed E-state index contributed by atoms with van der Waals surface area (Å²) in [6, 6.07) is 7.13. The molecule has 3 rings (SSSR count). The van der Waals surface area contributed by atoms with Crippen molar-refractivity contribution >= 4 is 28.9 Å². The Labute approximate surface area is 191 Å². The van der Waals surface area contributed by atoms with E-state index < -0.39 is 29.4 Å². The number of alkyl halides is 3. The molecule has 1 heterocycles. The molecule has 0 amide bonds. The van der Waals surface area contributed by atoms with Crippen LogP contribution in [-0.2, 0) is 24.0 Å². The van der Waals surface area contributed by atoms with E-state index >= 15 is 0 Å². The number of thiophene rings is 1. The molecule has 9 heteroatoms. The predicted molar refractivity (Wildman–Crippen MR) is 116 cm³/mol. The third kappa shape index (κ3) is 5.24. The molecule has 0 aliphatic heterocycles. The molecule has 0 unspecified atom stereocenters. The summed E-state index contributed by atoms with van der Waals surface area (Å²) in [5.41, 5.74) is 2.30. The number of aryl methyl sites for hydroxylation is 1. The van der Waals surface area contributed by atoms with Gasteiger partial charge in [-0.25, -0.2) is 4.39 Å². The van der Waals surface area contributed by atoms with Crippen LogP contribution in [-0.4, -0.2) is 11.1 Å². The fourth-order valence-corrected chi connectivity index (χ4v) is 4.48. The Hall–Kier alpha value is -2.58. The van der Waals surface area contributed by atoms with Crippen molar-refractivity contribution in [2.24, 2.45) is 0 Å². The molecular formula is C23H19ClF4O3S. The normalized spacial score (nSPS) is 11.6. The van der Waals surface area contributed by atoms with Gasteiger partial charge >= 0.3 is 12.1 Å². The van der Waals surface area contributed by atoms with E-state index in [1.54, 1.807) is 26.0 Å². The van der Waals surface area contributed by atoms with Gasteiger partial charge in [0, 0.05) is 28.1 Å². The molecule has 3 aromatic rings. The van der Waals surface area contributed by atoms with Gasteiger partial charge < -0.3 is 9.84 Å². The molecule has 32 heavy (non-hydrogen) atoms. The SMILES string of the molecule is Cc1c(CCC(=O)O)ccc(OCc2c(-c3ccc(Cl)cc3F)csc2C(F)(F)F)c1C. The first-order chi connectivity index (χ1) is 15.0. The molecule has 0 spiro atoms. The number of halogens is 5. The summed E-state index contributed by atoms with van der Waals surface area (Å²) < 4.78 is 61.0. The van der Waals surface area contributed by atoms with E-state index in [4.69, 9.17) is 21.4 Å². The van der Waals surface area contributed by atoms with Gasteiger partial charge in [0.1, 0.15) is 23.1 Å². The van der Waals surface area contributed by atoms with Gasteiger partial charge in [-0.3, -0.25) is 4.79 Å². The first kappa shape index (κ1) is 24.1. The highest BCUT2D eigenvalue weighted by Gasteiger charge is 2.37. The summed E-state index contributed by atoms with van der Waals surface area (Å²) in [4.78, 5) is 9.97. The number of aliphatic carboxylic acids is 1. The number of benzene rings is 2. The predicted octanol–water partition coefficient (Wildman–Crippen LogP) is 7.44. The fourth-order valence-electron chi connectivity index (χ4n) is 3.37. The average Bonchev–Trinajstić information content (AvgIpc) is 3.12. The standard InChI is InChI=1S/C23H19ClF4O3S/c1-12-13(2)20(7-3-14(12)4-8-21(29)30)31-10-17-18(11-32-22(17)23(26,27)28)16-6-5-15(24)9-19(16)25/h3,5-7,9,11H,4,8,10H2,1-2H3,(H,29,30).